The Kier molecular flexibility index (Phi) is 9.16. The number of hydrogen-bond donors (Lipinski definition) is 2. The molecule has 0 amide bonds. The Labute approximate surface area is 170 Å². The van der Waals surface area contributed by atoms with Crippen molar-refractivity contribution in [2.24, 2.45) is 10.7 Å². The summed E-state index contributed by atoms with van der Waals surface area (Å²) in [6.07, 6.45) is 1.25. The van der Waals surface area contributed by atoms with Gasteiger partial charge in [0.1, 0.15) is 0 Å². The van der Waals surface area contributed by atoms with Crippen LogP contribution in [-0.4, -0.2) is 54.5 Å². The molecule has 2 rings (SSSR count). The van der Waals surface area contributed by atoms with Crippen molar-refractivity contribution in [1.82, 2.24) is 15.1 Å². The van der Waals surface area contributed by atoms with Crippen LogP contribution in [0.2, 0.25) is 0 Å². The number of nitrogens with zero attached hydrogens (tertiary/aromatic N) is 3. The van der Waals surface area contributed by atoms with Gasteiger partial charge in [0.05, 0.1) is 6.54 Å². The highest BCUT2D eigenvalue weighted by Gasteiger charge is 2.12. The van der Waals surface area contributed by atoms with Gasteiger partial charge in [-0.05, 0) is 58.5 Å². The number of hydrogen-bond acceptors (Lipinski definition) is 3. The van der Waals surface area contributed by atoms with E-state index in [9.17, 15) is 0 Å². The molecule has 3 N–H and O–H groups in total. The number of aliphatic imine (C=N–C) groups is 1. The number of halogens is 1. The van der Waals surface area contributed by atoms with Crippen LogP contribution in [0.25, 0.3) is 0 Å². The van der Waals surface area contributed by atoms with Gasteiger partial charge >= 0.3 is 0 Å². The lowest BCUT2D eigenvalue weighted by molar-refractivity contribution is 0.269. The van der Waals surface area contributed by atoms with Gasteiger partial charge in [-0.2, -0.15) is 0 Å². The summed E-state index contributed by atoms with van der Waals surface area (Å²) in [6.45, 7) is 12.6. The van der Waals surface area contributed by atoms with E-state index in [4.69, 9.17) is 5.73 Å². The van der Waals surface area contributed by atoms with Crippen LogP contribution < -0.4 is 11.1 Å². The van der Waals surface area contributed by atoms with Gasteiger partial charge in [0.15, 0.2) is 5.96 Å². The van der Waals surface area contributed by atoms with Crippen molar-refractivity contribution in [3.63, 3.8) is 0 Å². The first-order chi connectivity index (χ1) is 11.3. The van der Waals surface area contributed by atoms with Crippen molar-refractivity contribution < 1.29 is 0 Å². The van der Waals surface area contributed by atoms with Gasteiger partial charge in [-0.25, -0.2) is 4.99 Å². The normalized spacial score (nSPS) is 17.7. The average molecular weight is 459 g/mol. The Balaban J connectivity index is 0.00000312. The van der Waals surface area contributed by atoms with Crippen LogP contribution in [0.1, 0.15) is 38.3 Å². The summed E-state index contributed by atoms with van der Waals surface area (Å²) in [4.78, 5) is 9.37. The van der Waals surface area contributed by atoms with Crippen LogP contribution in [0, 0.1) is 0 Å². The minimum absolute atomic E-state index is 0. The molecule has 1 aromatic carbocycles. The molecule has 0 aliphatic carbocycles. The molecule has 1 aliphatic heterocycles. The molecule has 0 radical (unpaired) electrons. The second-order valence-electron chi connectivity index (χ2n) is 7.83. The largest absolute Gasteiger partial charge is 0.370 e. The van der Waals surface area contributed by atoms with E-state index in [0.717, 1.165) is 19.6 Å². The van der Waals surface area contributed by atoms with Gasteiger partial charge in [-0.15, -0.1) is 24.0 Å². The Bertz CT molecular complexity index is 536. The molecule has 0 saturated carbocycles. The van der Waals surface area contributed by atoms with Crippen molar-refractivity contribution in [2.45, 2.75) is 45.8 Å². The van der Waals surface area contributed by atoms with E-state index in [1.54, 1.807) is 0 Å². The van der Waals surface area contributed by atoms with Gasteiger partial charge in [0.25, 0.3) is 0 Å². The monoisotopic (exact) mass is 459 g/mol. The fourth-order valence-electron chi connectivity index (χ4n) is 2.87. The molecule has 1 saturated heterocycles. The van der Waals surface area contributed by atoms with E-state index in [0.29, 0.717) is 12.5 Å². The van der Waals surface area contributed by atoms with Crippen molar-refractivity contribution >= 4 is 29.9 Å². The van der Waals surface area contributed by atoms with E-state index < -0.39 is 0 Å². The third-order valence-electron chi connectivity index (χ3n) is 4.18. The Morgan fingerprint density at radius 1 is 1.08 bits per heavy atom. The molecule has 25 heavy (non-hydrogen) atoms. The summed E-state index contributed by atoms with van der Waals surface area (Å²) in [5.41, 5.74) is 8.42. The summed E-state index contributed by atoms with van der Waals surface area (Å²) in [5, 5.41) is 3.18. The standard InChI is InChI=1S/C19H33N5.HI/c1-19(2,3)22-18(20)21-14-16-6-8-17(9-7-16)15-24-11-5-10-23(4)12-13-24;/h6-9H,5,10-15H2,1-4H3,(H3,20,21,22);1H. The maximum absolute atomic E-state index is 5.92. The van der Waals surface area contributed by atoms with Crippen LogP contribution in [0.5, 0.6) is 0 Å². The predicted molar refractivity (Wildman–Crippen MR) is 117 cm³/mol. The van der Waals surface area contributed by atoms with Gasteiger partial charge in [0.2, 0.25) is 0 Å². The van der Waals surface area contributed by atoms with Crippen molar-refractivity contribution in [3.8, 4) is 0 Å². The molecule has 1 aromatic rings. The van der Waals surface area contributed by atoms with Gasteiger partial charge in [-0.3, -0.25) is 4.90 Å². The summed E-state index contributed by atoms with van der Waals surface area (Å²) in [5.74, 6) is 0.500. The Morgan fingerprint density at radius 3 is 2.36 bits per heavy atom. The molecule has 0 atom stereocenters. The van der Waals surface area contributed by atoms with Crippen LogP contribution in [0.3, 0.4) is 0 Å². The molecule has 1 heterocycles. The first kappa shape index (κ1) is 22.2. The number of nitrogens with two attached hydrogens (primary N) is 1. The zero-order valence-electron chi connectivity index (χ0n) is 16.1. The molecule has 1 aliphatic rings. The Morgan fingerprint density at radius 2 is 1.72 bits per heavy atom. The zero-order chi connectivity index (χ0) is 17.6. The molecule has 6 heteroatoms. The molecule has 0 aromatic heterocycles. The van der Waals surface area contributed by atoms with Crippen LogP contribution in [0.4, 0.5) is 0 Å². The fraction of sp³-hybridized carbons (Fsp3) is 0.632. The minimum atomic E-state index is -0.0569. The molecule has 1 fully saturated rings. The summed E-state index contributed by atoms with van der Waals surface area (Å²) < 4.78 is 0. The summed E-state index contributed by atoms with van der Waals surface area (Å²) in [6, 6.07) is 8.75. The SMILES string of the molecule is CN1CCCN(Cc2ccc(CN=C(N)NC(C)(C)C)cc2)CC1.I. The first-order valence-corrected chi connectivity index (χ1v) is 8.89. The average Bonchev–Trinajstić information content (AvgIpc) is 2.70. The quantitative estimate of drug-likeness (QED) is 0.413. The van der Waals surface area contributed by atoms with Gasteiger partial charge in [-0.1, -0.05) is 24.3 Å². The van der Waals surface area contributed by atoms with E-state index in [1.165, 1.54) is 30.6 Å². The maximum Gasteiger partial charge on any atom is 0.189 e. The van der Waals surface area contributed by atoms with Crippen molar-refractivity contribution in [1.29, 1.82) is 0 Å². The van der Waals surface area contributed by atoms with E-state index in [1.807, 2.05) is 0 Å². The highest BCUT2D eigenvalue weighted by Crippen LogP contribution is 2.11. The molecule has 142 valence electrons. The highest BCUT2D eigenvalue weighted by atomic mass is 127. The second kappa shape index (κ2) is 10.3. The van der Waals surface area contributed by atoms with E-state index in [2.05, 4.69) is 72.2 Å². The number of benzene rings is 1. The molecular formula is C19H34IN5. The topological polar surface area (TPSA) is 56.9 Å². The van der Waals surface area contributed by atoms with Gasteiger partial charge < -0.3 is 16.0 Å². The van der Waals surface area contributed by atoms with E-state index in [-0.39, 0.29) is 29.5 Å². The fourth-order valence-corrected chi connectivity index (χ4v) is 2.87. The predicted octanol–water partition coefficient (Wildman–Crippen LogP) is 2.64. The van der Waals surface area contributed by atoms with Crippen molar-refractivity contribution in [2.75, 3.05) is 33.2 Å². The number of rotatable bonds is 4. The summed E-state index contributed by atoms with van der Waals surface area (Å²) >= 11 is 0. The van der Waals surface area contributed by atoms with Crippen LogP contribution in [-0.2, 0) is 13.1 Å². The summed E-state index contributed by atoms with van der Waals surface area (Å²) in [7, 11) is 2.21. The highest BCUT2D eigenvalue weighted by molar-refractivity contribution is 14.0. The van der Waals surface area contributed by atoms with E-state index >= 15 is 0 Å². The third kappa shape index (κ3) is 8.87. The van der Waals surface area contributed by atoms with Crippen molar-refractivity contribution in [3.05, 3.63) is 35.4 Å². The molecule has 5 nitrogen and oxygen atoms in total. The molecule has 0 spiro atoms. The first-order valence-electron chi connectivity index (χ1n) is 8.89. The lowest BCUT2D eigenvalue weighted by Gasteiger charge is -2.21. The molecular weight excluding hydrogens is 425 g/mol. The number of guanidine groups is 1. The van der Waals surface area contributed by atoms with Crippen LogP contribution in [0.15, 0.2) is 29.3 Å². The minimum Gasteiger partial charge on any atom is -0.370 e. The lowest BCUT2D eigenvalue weighted by Crippen LogP contribution is -2.44. The number of nitrogens with one attached hydrogen (secondary N) is 1. The lowest BCUT2D eigenvalue weighted by atomic mass is 10.1. The third-order valence-corrected chi connectivity index (χ3v) is 4.18. The maximum atomic E-state index is 5.92. The number of likely N-dealkylation sites (N-methyl/N-ethyl adjacent to an activating group) is 1. The van der Waals surface area contributed by atoms with Crippen LogP contribution >= 0.6 is 24.0 Å². The second-order valence-corrected chi connectivity index (χ2v) is 7.83. The smallest absolute Gasteiger partial charge is 0.189 e. The Hall–Kier alpha value is -0.860. The molecule has 0 unspecified atom stereocenters. The molecule has 0 bridgehead atoms. The zero-order valence-corrected chi connectivity index (χ0v) is 18.4. The van der Waals surface area contributed by atoms with Gasteiger partial charge in [0, 0.05) is 25.2 Å².